The van der Waals surface area contributed by atoms with Crippen LogP contribution in [0.25, 0.3) is 21.7 Å². The molecule has 0 bridgehead atoms. The fourth-order valence-electron chi connectivity index (χ4n) is 3.37. The van der Waals surface area contributed by atoms with E-state index in [1.54, 1.807) is 0 Å². The standard InChI is InChI=1S/C21H25N3O2/c1-3-11-24(12-4-2)14-20(25)22-15-9-10-19-18(13-15)16-7-5-6-8-17(16)21(26)23-19/h5-10,13H,3-4,11-12,14H2,1-2H3,(H,22,25)(H,23,26). The lowest BCUT2D eigenvalue weighted by atomic mass is 10.1. The normalized spacial score (nSPS) is 11.3. The number of amides is 1. The Hall–Kier alpha value is -2.66. The molecule has 0 aliphatic rings. The van der Waals surface area contributed by atoms with Gasteiger partial charge in [0.1, 0.15) is 0 Å². The van der Waals surface area contributed by atoms with E-state index in [0.717, 1.165) is 47.9 Å². The summed E-state index contributed by atoms with van der Waals surface area (Å²) in [6, 6.07) is 13.1. The van der Waals surface area contributed by atoms with Crippen molar-refractivity contribution in [2.45, 2.75) is 26.7 Å². The summed E-state index contributed by atoms with van der Waals surface area (Å²) < 4.78 is 0. The molecule has 0 fully saturated rings. The van der Waals surface area contributed by atoms with Crippen molar-refractivity contribution in [3.05, 3.63) is 52.8 Å². The number of carbonyl (C=O) groups excluding carboxylic acids is 1. The fourth-order valence-corrected chi connectivity index (χ4v) is 3.37. The molecule has 0 unspecified atom stereocenters. The van der Waals surface area contributed by atoms with Gasteiger partial charge in [-0.3, -0.25) is 14.5 Å². The van der Waals surface area contributed by atoms with Crippen molar-refractivity contribution in [1.29, 1.82) is 0 Å². The van der Waals surface area contributed by atoms with Gasteiger partial charge in [-0.2, -0.15) is 0 Å². The summed E-state index contributed by atoms with van der Waals surface area (Å²) in [6.45, 7) is 6.48. The summed E-state index contributed by atoms with van der Waals surface area (Å²) in [5.74, 6) is -0.0139. The number of hydrogen-bond acceptors (Lipinski definition) is 3. The van der Waals surface area contributed by atoms with Crippen LogP contribution in [0, 0.1) is 0 Å². The topological polar surface area (TPSA) is 65.2 Å². The molecule has 1 aromatic heterocycles. The molecule has 0 aliphatic carbocycles. The van der Waals surface area contributed by atoms with Crippen molar-refractivity contribution in [1.82, 2.24) is 9.88 Å². The first-order valence-corrected chi connectivity index (χ1v) is 9.19. The molecule has 26 heavy (non-hydrogen) atoms. The molecule has 0 saturated carbocycles. The number of fused-ring (bicyclic) bond motifs is 3. The van der Waals surface area contributed by atoms with Crippen LogP contribution in [0.5, 0.6) is 0 Å². The summed E-state index contributed by atoms with van der Waals surface area (Å²) in [4.78, 5) is 29.7. The average Bonchev–Trinajstić information content (AvgIpc) is 2.63. The highest BCUT2D eigenvalue weighted by molar-refractivity contribution is 6.07. The number of aromatic amines is 1. The minimum absolute atomic E-state index is 0.0139. The van der Waals surface area contributed by atoms with Crippen LogP contribution < -0.4 is 10.9 Å². The fraction of sp³-hybridized carbons (Fsp3) is 0.333. The molecule has 0 aliphatic heterocycles. The molecule has 1 heterocycles. The number of nitrogens with zero attached hydrogens (tertiary/aromatic N) is 1. The van der Waals surface area contributed by atoms with Gasteiger partial charge < -0.3 is 10.3 Å². The van der Waals surface area contributed by atoms with Gasteiger partial charge in [-0.05, 0) is 55.6 Å². The van der Waals surface area contributed by atoms with Gasteiger partial charge in [-0.1, -0.05) is 32.0 Å². The van der Waals surface area contributed by atoms with E-state index in [0.29, 0.717) is 11.9 Å². The molecule has 0 radical (unpaired) electrons. The SMILES string of the molecule is CCCN(CCC)CC(=O)Nc1ccc2[nH]c(=O)c3ccccc3c2c1. The third-order valence-electron chi connectivity index (χ3n) is 4.46. The minimum Gasteiger partial charge on any atom is -0.325 e. The molecule has 136 valence electrons. The number of pyridine rings is 1. The highest BCUT2D eigenvalue weighted by Gasteiger charge is 2.11. The summed E-state index contributed by atoms with van der Waals surface area (Å²) in [7, 11) is 0. The molecular formula is C21H25N3O2. The first-order valence-electron chi connectivity index (χ1n) is 9.19. The third-order valence-corrected chi connectivity index (χ3v) is 4.46. The van der Waals surface area contributed by atoms with Crippen molar-refractivity contribution in [3.63, 3.8) is 0 Å². The number of nitrogens with one attached hydrogen (secondary N) is 2. The van der Waals surface area contributed by atoms with Crippen LogP contribution in [0.15, 0.2) is 47.3 Å². The summed E-state index contributed by atoms with van der Waals surface area (Å²) in [5, 5.41) is 5.46. The maximum atomic E-state index is 12.4. The molecule has 5 nitrogen and oxygen atoms in total. The Morgan fingerprint density at radius 2 is 1.69 bits per heavy atom. The second kappa shape index (κ2) is 8.15. The average molecular weight is 351 g/mol. The monoisotopic (exact) mass is 351 g/mol. The van der Waals surface area contributed by atoms with Crippen molar-refractivity contribution in [2.24, 2.45) is 0 Å². The second-order valence-corrected chi connectivity index (χ2v) is 6.58. The van der Waals surface area contributed by atoms with Gasteiger partial charge >= 0.3 is 0 Å². The Bertz CT molecular complexity index is 972. The van der Waals surface area contributed by atoms with Crippen LogP contribution in [-0.4, -0.2) is 35.4 Å². The molecular weight excluding hydrogens is 326 g/mol. The smallest absolute Gasteiger partial charge is 0.256 e. The van der Waals surface area contributed by atoms with E-state index < -0.39 is 0 Å². The van der Waals surface area contributed by atoms with Crippen LogP contribution in [0.4, 0.5) is 5.69 Å². The summed E-state index contributed by atoms with van der Waals surface area (Å²) >= 11 is 0. The largest absolute Gasteiger partial charge is 0.325 e. The van der Waals surface area contributed by atoms with Gasteiger partial charge in [0.25, 0.3) is 5.56 Å². The molecule has 2 N–H and O–H groups in total. The number of benzene rings is 2. The van der Waals surface area contributed by atoms with Crippen LogP contribution >= 0.6 is 0 Å². The predicted molar refractivity (Wildman–Crippen MR) is 108 cm³/mol. The number of H-pyrrole nitrogens is 1. The van der Waals surface area contributed by atoms with Crippen molar-refractivity contribution >= 4 is 33.3 Å². The number of anilines is 1. The Labute approximate surface area is 153 Å². The lowest BCUT2D eigenvalue weighted by Crippen LogP contribution is -2.34. The summed E-state index contributed by atoms with van der Waals surface area (Å²) in [5.41, 5.74) is 1.41. The lowest BCUT2D eigenvalue weighted by Gasteiger charge is -2.20. The van der Waals surface area contributed by atoms with E-state index in [1.165, 1.54) is 0 Å². The van der Waals surface area contributed by atoms with E-state index in [2.05, 4.69) is 29.0 Å². The predicted octanol–water partition coefficient (Wildman–Crippen LogP) is 3.74. The molecule has 2 aromatic carbocycles. The van der Waals surface area contributed by atoms with E-state index in [9.17, 15) is 9.59 Å². The molecule has 0 saturated heterocycles. The Morgan fingerprint density at radius 1 is 1.00 bits per heavy atom. The van der Waals surface area contributed by atoms with Crippen LogP contribution in [0.3, 0.4) is 0 Å². The van der Waals surface area contributed by atoms with E-state index in [4.69, 9.17) is 0 Å². The zero-order chi connectivity index (χ0) is 18.5. The maximum absolute atomic E-state index is 12.4. The van der Waals surface area contributed by atoms with Gasteiger partial charge in [0.15, 0.2) is 0 Å². The molecule has 1 amide bonds. The third kappa shape index (κ3) is 3.94. The van der Waals surface area contributed by atoms with E-state index in [-0.39, 0.29) is 11.5 Å². The molecule has 3 rings (SSSR count). The van der Waals surface area contributed by atoms with Crippen molar-refractivity contribution in [2.75, 3.05) is 25.0 Å². The van der Waals surface area contributed by atoms with Gasteiger partial charge in [0, 0.05) is 22.0 Å². The lowest BCUT2D eigenvalue weighted by molar-refractivity contribution is -0.117. The van der Waals surface area contributed by atoms with Crippen molar-refractivity contribution < 1.29 is 4.79 Å². The highest BCUT2D eigenvalue weighted by atomic mass is 16.2. The summed E-state index contributed by atoms with van der Waals surface area (Å²) in [6.07, 6.45) is 2.06. The van der Waals surface area contributed by atoms with E-state index in [1.807, 2.05) is 42.5 Å². The highest BCUT2D eigenvalue weighted by Crippen LogP contribution is 2.24. The quantitative estimate of drug-likeness (QED) is 0.637. The van der Waals surface area contributed by atoms with Gasteiger partial charge in [0.2, 0.25) is 5.91 Å². The number of hydrogen-bond donors (Lipinski definition) is 2. The van der Waals surface area contributed by atoms with Crippen LogP contribution in [0.1, 0.15) is 26.7 Å². The Balaban J connectivity index is 1.87. The minimum atomic E-state index is -0.0975. The zero-order valence-corrected chi connectivity index (χ0v) is 15.3. The first kappa shape index (κ1) is 18.1. The Kier molecular flexibility index (Phi) is 5.68. The number of rotatable bonds is 7. The maximum Gasteiger partial charge on any atom is 0.256 e. The van der Waals surface area contributed by atoms with Gasteiger partial charge in [0.05, 0.1) is 6.54 Å². The molecule has 5 heteroatoms. The number of carbonyl (C=O) groups is 1. The zero-order valence-electron chi connectivity index (χ0n) is 15.3. The van der Waals surface area contributed by atoms with Gasteiger partial charge in [-0.25, -0.2) is 0 Å². The molecule has 3 aromatic rings. The van der Waals surface area contributed by atoms with Crippen molar-refractivity contribution in [3.8, 4) is 0 Å². The van der Waals surface area contributed by atoms with Gasteiger partial charge in [-0.15, -0.1) is 0 Å². The van der Waals surface area contributed by atoms with E-state index >= 15 is 0 Å². The molecule has 0 atom stereocenters. The van der Waals surface area contributed by atoms with Crippen LogP contribution in [-0.2, 0) is 4.79 Å². The second-order valence-electron chi connectivity index (χ2n) is 6.58. The molecule has 0 spiro atoms. The van der Waals surface area contributed by atoms with Crippen LogP contribution in [0.2, 0.25) is 0 Å². The Morgan fingerprint density at radius 3 is 2.38 bits per heavy atom. The first-order chi connectivity index (χ1) is 12.6. The number of aromatic nitrogens is 1.